The highest BCUT2D eigenvalue weighted by molar-refractivity contribution is 5.43. The van der Waals surface area contributed by atoms with E-state index in [-0.39, 0.29) is 5.82 Å². The van der Waals surface area contributed by atoms with Gasteiger partial charge in [-0.15, -0.1) is 0 Å². The van der Waals surface area contributed by atoms with Gasteiger partial charge in [-0.25, -0.2) is 9.37 Å². The number of imidazole rings is 1. The summed E-state index contributed by atoms with van der Waals surface area (Å²) in [5, 5.41) is 3.33. The van der Waals surface area contributed by atoms with Crippen LogP contribution in [0.1, 0.15) is 32.2 Å². The number of nitrogens with one attached hydrogen (secondary N) is 1. The van der Waals surface area contributed by atoms with Gasteiger partial charge in [-0.05, 0) is 11.6 Å². The quantitative estimate of drug-likeness (QED) is 0.896. The third-order valence-corrected chi connectivity index (χ3v) is 3.05. The summed E-state index contributed by atoms with van der Waals surface area (Å²) in [6, 6.07) is 5.56. The van der Waals surface area contributed by atoms with Crippen molar-refractivity contribution in [1.29, 1.82) is 0 Å². The number of halogens is 1. The molecule has 102 valence electrons. The van der Waals surface area contributed by atoms with Crippen LogP contribution in [0.2, 0.25) is 0 Å². The van der Waals surface area contributed by atoms with Crippen LogP contribution in [0.15, 0.2) is 30.6 Å². The average molecular weight is 261 g/mol. The zero-order valence-corrected chi connectivity index (χ0v) is 11.7. The number of benzene rings is 1. The number of hydrogen-bond donors (Lipinski definition) is 1. The molecule has 4 heteroatoms. The van der Waals surface area contributed by atoms with E-state index in [1.807, 2.05) is 23.8 Å². The van der Waals surface area contributed by atoms with Gasteiger partial charge in [0.25, 0.3) is 0 Å². The topological polar surface area (TPSA) is 29.9 Å². The van der Waals surface area contributed by atoms with Gasteiger partial charge < -0.3 is 9.88 Å². The molecule has 1 N–H and O–H groups in total. The molecule has 0 bridgehead atoms. The van der Waals surface area contributed by atoms with Gasteiger partial charge in [0.15, 0.2) is 0 Å². The zero-order chi connectivity index (χ0) is 13.8. The Morgan fingerprint density at radius 2 is 2.16 bits per heavy atom. The molecular formula is C15H20FN3. The first-order chi connectivity index (χ1) is 9.13. The maximum absolute atomic E-state index is 14.2. The van der Waals surface area contributed by atoms with Crippen LogP contribution in [0.3, 0.4) is 0 Å². The molecule has 2 rings (SSSR count). The van der Waals surface area contributed by atoms with Crippen LogP contribution in [-0.4, -0.2) is 15.6 Å². The van der Waals surface area contributed by atoms with E-state index in [2.05, 4.69) is 24.1 Å². The van der Waals surface area contributed by atoms with E-state index >= 15 is 0 Å². The van der Waals surface area contributed by atoms with E-state index in [4.69, 9.17) is 0 Å². The predicted molar refractivity (Wildman–Crippen MR) is 74.9 cm³/mol. The summed E-state index contributed by atoms with van der Waals surface area (Å²) in [5.41, 5.74) is 1.55. The molecule has 1 heterocycles. The van der Waals surface area contributed by atoms with Crippen molar-refractivity contribution in [2.45, 2.75) is 39.8 Å². The second-order valence-corrected chi connectivity index (χ2v) is 4.85. The molecule has 0 fully saturated rings. The fourth-order valence-electron chi connectivity index (χ4n) is 2.09. The lowest BCUT2D eigenvalue weighted by molar-refractivity contribution is 0.575. The number of nitrogens with zero attached hydrogens (tertiary/aromatic N) is 2. The van der Waals surface area contributed by atoms with E-state index in [9.17, 15) is 4.39 Å². The van der Waals surface area contributed by atoms with Crippen LogP contribution < -0.4 is 5.32 Å². The second kappa shape index (κ2) is 5.97. The molecule has 1 aromatic carbocycles. The minimum absolute atomic E-state index is 0.212. The molecule has 19 heavy (non-hydrogen) atoms. The fourth-order valence-corrected chi connectivity index (χ4v) is 2.09. The fraction of sp³-hybridized carbons (Fsp3) is 0.400. The van der Waals surface area contributed by atoms with Gasteiger partial charge in [0, 0.05) is 31.4 Å². The van der Waals surface area contributed by atoms with Crippen molar-refractivity contribution < 1.29 is 4.39 Å². The first-order valence-electron chi connectivity index (χ1n) is 6.66. The van der Waals surface area contributed by atoms with Crippen molar-refractivity contribution in [1.82, 2.24) is 14.9 Å². The first kappa shape index (κ1) is 13.7. The predicted octanol–water partition coefficient (Wildman–Crippen LogP) is 3.07. The van der Waals surface area contributed by atoms with Crippen LogP contribution in [0.25, 0.3) is 5.69 Å². The summed E-state index contributed by atoms with van der Waals surface area (Å²) in [4.78, 5) is 4.26. The molecule has 2 aromatic rings. The Kier molecular flexibility index (Phi) is 4.32. The monoisotopic (exact) mass is 261 g/mol. The Balaban J connectivity index is 2.43. The van der Waals surface area contributed by atoms with Gasteiger partial charge in [0.05, 0.1) is 5.69 Å². The van der Waals surface area contributed by atoms with Crippen LogP contribution in [-0.2, 0) is 13.0 Å². The molecule has 0 aliphatic rings. The van der Waals surface area contributed by atoms with Crippen molar-refractivity contribution in [3.63, 3.8) is 0 Å². The number of aryl methyl sites for hydroxylation is 1. The van der Waals surface area contributed by atoms with E-state index in [1.165, 1.54) is 6.07 Å². The molecule has 0 amide bonds. The maximum atomic E-state index is 14.2. The summed E-state index contributed by atoms with van der Waals surface area (Å²) >= 11 is 0. The lowest BCUT2D eigenvalue weighted by atomic mass is 10.1. The minimum Gasteiger partial charge on any atom is -0.310 e. The highest BCUT2D eigenvalue weighted by Crippen LogP contribution is 2.20. The Labute approximate surface area is 113 Å². The van der Waals surface area contributed by atoms with Gasteiger partial charge in [-0.2, -0.15) is 0 Å². The van der Waals surface area contributed by atoms with Gasteiger partial charge in [0.1, 0.15) is 11.6 Å². The molecule has 0 aliphatic carbocycles. The van der Waals surface area contributed by atoms with Crippen molar-refractivity contribution in [3.05, 3.63) is 47.8 Å². The molecule has 0 atom stereocenters. The Bertz CT molecular complexity index is 546. The zero-order valence-electron chi connectivity index (χ0n) is 11.7. The van der Waals surface area contributed by atoms with E-state index in [1.54, 1.807) is 12.3 Å². The highest BCUT2D eigenvalue weighted by atomic mass is 19.1. The minimum atomic E-state index is -0.212. The first-order valence-corrected chi connectivity index (χ1v) is 6.66. The summed E-state index contributed by atoms with van der Waals surface area (Å²) in [5.74, 6) is 0.659. The largest absolute Gasteiger partial charge is 0.310 e. The van der Waals surface area contributed by atoms with Crippen molar-refractivity contribution in [2.24, 2.45) is 0 Å². The molecular weight excluding hydrogens is 241 g/mol. The molecule has 3 nitrogen and oxygen atoms in total. The van der Waals surface area contributed by atoms with E-state index in [0.29, 0.717) is 18.3 Å². The van der Waals surface area contributed by atoms with Gasteiger partial charge in [0.2, 0.25) is 0 Å². The van der Waals surface area contributed by atoms with E-state index < -0.39 is 0 Å². The molecule has 0 aliphatic heterocycles. The molecule has 0 radical (unpaired) electrons. The third-order valence-electron chi connectivity index (χ3n) is 3.05. The second-order valence-electron chi connectivity index (χ2n) is 4.85. The molecule has 1 aromatic heterocycles. The SMILES string of the molecule is CCc1nccn1-c1c(F)cccc1CNC(C)C. The van der Waals surface area contributed by atoms with Crippen molar-refractivity contribution in [2.75, 3.05) is 0 Å². The smallest absolute Gasteiger partial charge is 0.147 e. The van der Waals surface area contributed by atoms with E-state index in [0.717, 1.165) is 17.8 Å². The third kappa shape index (κ3) is 3.01. The Morgan fingerprint density at radius 1 is 1.37 bits per heavy atom. The standard InChI is InChI=1S/C15H20FN3/c1-4-14-17-8-9-19(14)15-12(10-18-11(2)3)6-5-7-13(15)16/h5-9,11,18H,4,10H2,1-3H3. The van der Waals surface area contributed by atoms with Gasteiger partial charge in [-0.3, -0.25) is 0 Å². The molecule has 0 saturated heterocycles. The average Bonchev–Trinajstić information content (AvgIpc) is 2.84. The number of para-hydroxylation sites is 1. The molecule has 0 spiro atoms. The summed E-state index contributed by atoms with van der Waals surface area (Å²) in [6.45, 7) is 6.82. The van der Waals surface area contributed by atoms with Gasteiger partial charge in [-0.1, -0.05) is 32.9 Å². The highest BCUT2D eigenvalue weighted by Gasteiger charge is 2.13. The molecule has 0 saturated carbocycles. The summed E-state index contributed by atoms with van der Waals surface area (Å²) < 4.78 is 16.0. The summed E-state index contributed by atoms with van der Waals surface area (Å²) in [7, 11) is 0. The normalized spacial score (nSPS) is 11.2. The lowest BCUT2D eigenvalue weighted by Crippen LogP contribution is -2.23. The Morgan fingerprint density at radius 3 is 2.84 bits per heavy atom. The number of hydrogen-bond acceptors (Lipinski definition) is 2. The number of rotatable bonds is 5. The Hall–Kier alpha value is -1.68. The van der Waals surface area contributed by atoms with Crippen molar-refractivity contribution >= 4 is 0 Å². The number of aromatic nitrogens is 2. The van der Waals surface area contributed by atoms with Crippen molar-refractivity contribution in [3.8, 4) is 5.69 Å². The van der Waals surface area contributed by atoms with Crippen LogP contribution in [0.4, 0.5) is 4.39 Å². The van der Waals surface area contributed by atoms with Crippen LogP contribution in [0, 0.1) is 5.82 Å². The van der Waals surface area contributed by atoms with Crippen LogP contribution >= 0.6 is 0 Å². The maximum Gasteiger partial charge on any atom is 0.147 e. The van der Waals surface area contributed by atoms with Gasteiger partial charge >= 0.3 is 0 Å². The molecule has 0 unspecified atom stereocenters. The lowest BCUT2D eigenvalue weighted by Gasteiger charge is -2.15. The van der Waals surface area contributed by atoms with Crippen LogP contribution in [0.5, 0.6) is 0 Å². The summed E-state index contributed by atoms with van der Waals surface area (Å²) in [6.07, 6.45) is 4.30.